The summed E-state index contributed by atoms with van der Waals surface area (Å²) in [6, 6.07) is 2.48. The maximum atomic E-state index is 6.12. The summed E-state index contributed by atoms with van der Waals surface area (Å²) in [7, 11) is 0. The average Bonchev–Trinajstić information content (AvgIpc) is 2.80. The predicted molar refractivity (Wildman–Crippen MR) is 71.0 cm³/mol. The number of nitrogens with zero attached hydrogens (tertiary/aromatic N) is 4. The molecule has 2 aromatic rings. The van der Waals surface area contributed by atoms with Crippen LogP contribution in [-0.4, -0.2) is 31.0 Å². The van der Waals surface area contributed by atoms with E-state index in [2.05, 4.69) is 20.4 Å². The maximum absolute atomic E-state index is 6.12. The normalized spacial score (nSPS) is 24.3. The minimum atomic E-state index is 0.341. The molecule has 1 N–H and O–H groups in total. The van der Waals surface area contributed by atoms with Crippen molar-refractivity contribution in [3.8, 4) is 0 Å². The summed E-state index contributed by atoms with van der Waals surface area (Å²) in [4.78, 5) is 8.45. The van der Waals surface area contributed by atoms with Gasteiger partial charge in [0.1, 0.15) is 12.1 Å². The summed E-state index contributed by atoms with van der Waals surface area (Å²) < 4.78 is 1.75. The molecule has 3 rings (SSSR count). The van der Waals surface area contributed by atoms with E-state index in [0.717, 1.165) is 37.2 Å². The number of aromatic nitrogens is 4. The lowest BCUT2D eigenvalue weighted by molar-refractivity contribution is 0.466. The SMILES string of the molecule is Cc1cc(NC2CCC(Cl)CC2)n2ncnc2n1. The average molecular weight is 266 g/mol. The Bertz CT molecular complexity index is 544. The Morgan fingerprint density at radius 1 is 1.33 bits per heavy atom. The van der Waals surface area contributed by atoms with Crippen molar-refractivity contribution in [2.75, 3.05) is 5.32 Å². The highest BCUT2D eigenvalue weighted by molar-refractivity contribution is 6.20. The molecule has 0 saturated heterocycles. The second kappa shape index (κ2) is 4.72. The molecule has 1 aliphatic rings. The highest BCUT2D eigenvalue weighted by Gasteiger charge is 2.20. The first-order chi connectivity index (χ1) is 8.72. The monoisotopic (exact) mass is 265 g/mol. The molecule has 18 heavy (non-hydrogen) atoms. The molecule has 1 aliphatic carbocycles. The van der Waals surface area contributed by atoms with Gasteiger partial charge >= 0.3 is 0 Å². The van der Waals surface area contributed by atoms with Gasteiger partial charge in [0.15, 0.2) is 0 Å². The van der Waals surface area contributed by atoms with Gasteiger partial charge in [-0.1, -0.05) is 0 Å². The van der Waals surface area contributed by atoms with Crippen LogP contribution in [0.25, 0.3) is 5.78 Å². The molecule has 2 heterocycles. The predicted octanol–water partition coefficient (Wildman–Crippen LogP) is 2.39. The van der Waals surface area contributed by atoms with E-state index in [1.165, 1.54) is 6.33 Å². The van der Waals surface area contributed by atoms with Crippen molar-refractivity contribution in [2.24, 2.45) is 0 Å². The zero-order chi connectivity index (χ0) is 12.5. The first-order valence-electron chi connectivity index (χ1n) is 6.30. The topological polar surface area (TPSA) is 55.1 Å². The summed E-state index contributed by atoms with van der Waals surface area (Å²) in [5.41, 5.74) is 0.948. The van der Waals surface area contributed by atoms with Gasteiger partial charge in [-0.15, -0.1) is 11.6 Å². The number of hydrogen-bond donors (Lipinski definition) is 1. The number of rotatable bonds is 2. The van der Waals surface area contributed by atoms with Crippen molar-refractivity contribution in [2.45, 2.75) is 44.0 Å². The molecule has 96 valence electrons. The van der Waals surface area contributed by atoms with Crippen LogP contribution in [0.5, 0.6) is 0 Å². The summed E-state index contributed by atoms with van der Waals surface area (Å²) in [5.74, 6) is 1.61. The lowest BCUT2D eigenvalue weighted by Crippen LogP contribution is -2.27. The van der Waals surface area contributed by atoms with Crippen LogP contribution in [0.1, 0.15) is 31.4 Å². The Morgan fingerprint density at radius 3 is 2.89 bits per heavy atom. The second-order valence-electron chi connectivity index (χ2n) is 4.85. The number of aryl methyl sites for hydroxylation is 1. The molecule has 0 amide bonds. The Morgan fingerprint density at radius 2 is 2.11 bits per heavy atom. The number of halogens is 1. The molecule has 0 spiro atoms. The number of alkyl halides is 1. The first kappa shape index (κ1) is 11.7. The van der Waals surface area contributed by atoms with E-state index in [1.54, 1.807) is 4.52 Å². The molecule has 0 aliphatic heterocycles. The Balaban J connectivity index is 1.83. The molecular weight excluding hydrogens is 250 g/mol. The lowest BCUT2D eigenvalue weighted by atomic mass is 9.95. The van der Waals surface area contributed by atoms with E-state index in [9.17, 15) is 0 Å². The zero-order valence-electron chi connectivity index (χ0n) is 10.3. The van der Waals surface area contributed by atoms with Gasteiger partial charge in [0.05, 0.1) is 0 Å². The van der Waals surface area contributed by atoms with Crippen molar-refractivity contribution in [1.82, 2.24) is 19.6 Å². The summed E-state index contributed by atoms with van der Waals surface area (Å²) in [6.45, 7) is 1.97. The second-order valence-corrected chi connectivity index (χ2v) is 5.47. The quantitative estimate of drug-likeness (QED) is 0.847. The summed E-state index contributed by atoms with van der Waals surface area (Å²) in [6.07, 6.45) is 5.88. The number of fused-ring (bicyclic) bond motifs is 1. The van der Waals surface area contributed by atoms with Crippen molar-refractivity contribution in [3.05, 3.63) is 18.1 Å². The van der Waals surface area contributed by atoms with Crippen LogP contribution in [0.4, 0.5) is 5.82 Å². The van der Waals surface area contributed by atoms with E-state index in [4.69, 9.17) is 11.6 Å². The summed E-state index contributed by atoms with van der Waals surface area (Å²) in [5, 5.41) is 8.07. The fourth-order valence-electron chi connectivity index (χ4n) is 2.44. The summed E-state index contributed by atoms with van der Waals surface area (Å²) >= 11 is 6.12. The van der Waals surface area contributed by atoms with E-state index < -0.39 is 0 Å². The van der Waals surface area contributed by atoms with Gasteiger partial charge in [0.25, 0.3) is 5.78 Å². The molecule has 5 nitrogen and oxygen atoms in total. The molecule has 0 aromatic carbocycles. The number of hydrogen-bond acceptors (Lipinski definition) is 4. The van der Waals surface area contributed by atoms with Gasteiger partial charge in [-0.2, -0.15) is 14.6 Å². The third kappa shape index (κ3) is 2.27. The van der Waals surface area contributed by atoms with Crippen LogP contribution < -0.4 is 5.32 Å². The smallest absolute Gasteiger partial charge is 0.254 e. The molecule has 1 fully saturated rings. The van der Waals surface area contributed by atoms with E-state index in [1.807, 2.05) is 13.0 Å². The molecular formula is C12H16ClN5. The molecule has 0 unspecified atom stereocenters. The molecule has 0 atom stereocenters. The van der Waals surface area contributed by atoms with Gasteiger partial charge in [-0.3, -0.25) is 0 Å². The highest BCUT2D eigenvalue weighted by Crippen LogP contribution is 2.25. The third-order valence-electron chi connectivity index (χ3n) is 3.39. The van der Waals surface area contributed by atoms with Gasteiger partial charge in [-0.25, -0.2) is 4.98 Å². The van der Waals surface area contributed by atoms with E-state index >= 15 is 0 Å². The molecule has 1 saturated carbocycles. The molecule has 2 aromatic heterocycles. The van der Waals surface area contributed by atoms with Crippen molar-refractivity contribution in [1.29, 1.82) is 0 Å². The van der Waals surface area contributed by atoms with Crippen LogP contribution in [0.3, 0.4) is 0 Å². The van der Waals surface area contributed by atoms with Crippen LogP contribution in [0.2, 0.25) is 0 Å². The largest absolute Gasteiger partial charge is 0.367 e. The Kier molecular flexibility index (Phi) is 3.07. The van der Waals surface area contributed by atoms with Crippen LogP contribution in [0, 0.1) is 6.92 Å². The Hall–Kier alpha value is -1.36. The fraction of sp³-hybridized carbons (Fsp3) is 0.583. The van der Waals surface area contributed by atoms with E-state index in [-0.39, 0.29) is 0 Å². The fourth-order valence-corrected chi connectivity index (χ4v) is 2.69. The highest BCUT2D eigenvalue weighted by atomic mass is 35.5. The van der Waals surface area contributed by atoms with Crippen molar-refractivity contribution >= 4 is 23.2 Å². The van der Waals surface area contributed by atoms with Gasteiger partial charge in [0.2, 0.25) is 0 Å². The minimum Gasteiger partial charge on any atom is -0.367 e. The molecule has 6 heteroatoms. The Labute approximate surface area is 111 Å². The number of anilines is 1. The minimum absolute atomic E-state index is 0.341. The maximum Gasteiger partial charge on any atom is 0.254 e. The van der Waals surface area contributed by atoms with E-state index in [0.29, 0.717) is 17.2 Å². The van der Waals surface area contributed by atoms with Crippen LogP contribution in [0.15, 0.2) is 12.4 Å². The van der Waals surface area contributed by atoms with Crippen LogP contribution >= 0.6 is 11.6 Å². The van der Waals surface area contributed by atoms with Crippen molar-refractivity contribution in [3.63, 3.8) is 0 Å². The first-order valence-corrected chi connectivity index (χ1v) is 6.74. The molecule has 0 radical (unpaired) electrons. The molecule has 0 bridgehead atoms. The van der Waals surface area contributed by atoms with Crippen molar-refractivity contribution < 1.29 is 0 Å². The zero-order valence-corrected chi connectivity index (χ0v) is 11.1. The number of nitrogens with one attached hydrogen (secondary N) is 1. The van der Waals surface area contributed by atoms with Crippen LogP contribution in [-0.2, 0) is 0 Å². The van der Waals surface area contributed by atoms with Gasteiger partial charge in [-0.05, 0) is 32.6 Å². The third-order valence-corrected chi connectivity index (χ3v) is 3.83. The lowest BCUT2D eigenvalue weighted by Gasteiger charge is -2.26. The van der Waals surface area contributed by atoms with Gasteiger partial charge in [0, 0.05) is 23.2 Å². The standard InChI is InChI=1S/C12H16ClN5/c1-8-6-11(18-12(16-8)14-7-15-18)17-10-4-2-9(13)3-5-10/h6-7,9-10,17H,2-5H2,1H3. The van der Waals surface area contributed by atoms with Gasteiger partial charge < -0.3 is 5.32 Å².